The highest BCUT2D eigenvalue weighted by Gasteiger charge is 2.10. The SMILES string of the molecule is Cc1ccc(C(C)Nc2ncc(Br)cc2Br)cc1F. The van der Waals surface area contributed by atoms with Crippen LogP contribution in [0.3, 0.4) is 0 Å². The van der Waals surface area contributed by atoms with Crippen molar-refractivity contribution >= 4 is 37.7 Å². The predicted octanol–water partition coefficient (Wildman–Crippen LogP) is 5.23. The van der Waals surface area contributed by atoms with Crippen LogP contribution in [0, 0.1) is 12.7 Å². The van der Waals surface area contributed by atoms with Crippen molar-refractivity contribution in [1.82, 2.24) is 4.98 Å². The number of hydrogen-bond donors (Lipinski definition) is 1. The molecule has 0 saturated heterocycles. The summed E-state index contributed by atoms with van der Waals surface area (Å²) in [4.78, 5) is 4.28. The molecule has 1 unspecified atom stereocenters. The number of aromatic nitrogens is 1. The van der Waals surface area contributed by atoms with Crippen molar-refractivity contribution in [1.29, 1.82) is 0 Å². The Morgan fingerprint density at radius 3 is 2.63 bits per heavy atom. The molecule has 0 radical (unpaired) electrons. The lowest BCUT2D eigenvalue weighted by molar-refractivity contribution is 0.614. The zero-order valence-electron chi connectivity index (χ0n) is 10.5. The van der Waals surface area contributed by atoms with E-state index in [0.717, 1.165) is 20.3 Å². The fraction of sp³-hybridized carbons (Fsp3) is 0.214. The lowest BCUT2D eigenvalue weighted by Gasteiger charge is -2.16. The van der Waals surface area contributed by atoms with Crippen LogP contribution < -0.4 is 5.32 Å². The number of pyridine rings is 1. The van der Waals surface area contributed by atoms with Crippen LogP contribution in [0.25, 0.3) is 0 Å². The molecule has 1 N–H and O–H groups in total. The van der Waals surface area contributed by atoms with Crippen molar-refractivity contribution in [3.63, 3.8) is 0 Å². The van der Waals surface area contributed by atoms with Crippen LogP contribution >= 0.6 is 31.9 Å². The van der Waals surface area contributed by atoms with Gasteiger partial charge in [-0.05, 0) is 69.0 Å². The number of nitrogens with one attached hydrogen (secondary N) is 1. The first kappa shape index (κ1) is 14.5. The van der Waals surface area contributed by atoms with Crippen LogP contribution in [-0.2, 0) is 0 Å². The maximum atomic E-state index is 13.6. The highest BCUT2D eigenvalue weighted by atomic mass is 79.9. The Kier molecular flexibility index (Phi) is 4.58. The zero-order chi connectivity index (χ0) is 14.0. The molecule has 0 amide bonds. The monoisotopic (exact) mass is 386 g/mol. The lowest BCUT2D eigenvalue weighted by Crippen LogP contribution is -2.09. The summed E-state index contributed by atoms with van der Waals surface area (Å²) in [6.07, 6.45) is 1.72. The smallest absolute Gasteiger partial charge is 0.140 e. The summed E-state index contributed by atoms with van der Waals surface area (Å²) in [7, 11) is 0. The first-order chi connectivity index (χ1) is 8.97. The topological polar surface area (TPSA) is 24.9 Å². The molecule has 1 aromatic heterocycles. The van der Waals surface area contributed by atoms with Crippen molar-refractivity contribution in [2.24, 2.45) is 0 Å². The van der Waals surface area contributed by atoms with E-state index < -0.39 is 0 Å². The predicted molar refractivity (Wildman–Crippen MR) is 82.8 cm³/mol. The first-order valence-electron chi connectivity index (χ1n) is 5.81. The molecule has 0 aliphatic rings. The van der Waals surface area contributed by atoms with Crippen LogP contribution in [0.5, 0.6) is 0 Å². The van der Waals surface area contributed by atoms with Crippen LogP contribution in [0.15, 0.2) is 39.4 Å². The van der Waals surface area contributed by atoms with Gasteiger partial charge in [-0.3, -0.25) is 0 Å². The third-order valence-electron chi connectivity index (χ3n) is 2.86. The van der Waals surface area contributed by atoms with Crippen molar-refractivity contribution < 1.29 is 4.39 Å². The van der Waals surface area contributed by atoms with E-state index in [1.54, 1.807) is 25.3 Å². The molecule has 0 aliphatic carbocycles. The van der Waals surface area contributed by atoms with Crippen molar-refractivity contribution in [3.05, 3.63) is 56.4 Å². The van der Waals surface area contributed by atoms with Gasteiger partial charge in [0.25, 0.3) is 0 Å². The van der Waals surface area contributed by atoms with E-state index in [2.05, 4.69) is 42.2 Å². The van der Waals surface area contributed by atoms with Crippen molar-refractivity contribution in [2.75, 3.05) is 5.32 Å². The van der Waals surface area contributed by atoms with Crippen LogP contribution in [0.4, 0.5) is 10.2 Å². The van der Waals surface area contributed by atoms with E-state index in [1.165, 1.54) is 0 Å². The summed E-state index contributed by atoms with van der Waals surface area (Å²) in [5, 5.41) is 3.25. The Morgan fingerprint density at radius 1 is 1.26 bits per heavy atom. The van der Waals surface area contributed by atoms with Gasteiger partial charge in [0.05, 0.1) is 10.5 Å². The Morgan fingerprint density at radius 2 is 2.00 bits per heavy atom. The van der Waals surface area contributed by atoms with Gasteiger partial charge in [-0.25, -0.2) is 9.37 Å². The Hall–Kier alpha value is -0.940. The number of benzene rings is 1. The van der Waals surface area contributed by atoms with E-state index in [-0.39, 0.29) is 11.9 Å². The van der Waals surface area contributed by atoms with Crippen molar-refractivity contribution in [3.8, 4) is 0 Å². The quantitative estimate of drug-likeness (QED) is 0.780. The standard InChI is InChI=1S/C14H13Br2FN2/c1-8-3-4-10(5-13(8)17)9(2)19-14-12(16)6-11(15)7-18-14/h3-7,9H,1-2H3,(H,18,19). The number of rotatable bonds is 3. The average molecular weight is 388 g/mol. The number of anilines is 1. The molecule has 0 spiro atoms. The molecule has 2 aromatic rings. The normalized spacial score (nSPS) is 12.3. The van der Waals surface area contributed by atoms with Gasteiger partial charge in [-0.1, -0.05) is 12.1 Å². The highest BCUT2D eigenvalue weighted by Crippen LogP contribution is 2.27. The summed E-state index contributed by atoms with van der Waals surface area (Å²) in [5.41, 5.74) is 1.54. The summed E-state index contributed by atoms with van der Waals surface area (Å²) >= 11 is 6.80. The molecule has 1 atom stereocenters. The van der Waals surface area contributed by atoms with Crippen LogP contribution in [0.1, 0.15) is 24.1 Å². The maximum Gasteiger partial charge on any atom is 0.140 e. The number of aryl methyl sites for hydroxylation is 1. The van der Waals surface area contributed by atoms with Gasteiger partial charge in [0.2, 0.25) is 0 Å². The summed E-state index contributed by atoms with van der Waals surface area (Å²) in [6.45, 7) is 3.73. The number of nitrogens with zero attached hydrogens (tertiary/aromatic N) is 1. The molecule has 2 rings (SSSR count). The van der Waals surface area contributed by atoms with E-state index in [4.69, 9.17) is 0 Å². The molecule has 0 aliphatic heterocycles. The van der Waals surface area contributed by atoms with E-state index >= 15 is 0 Å². The van der Waals surface area contributed by atoms with Gasteiger partial charge in [0.15, 0.2) is 0 Å². The molecule has 1 heterocycles. The minimum Gasteiger partial charge on any atom is -0.363 e. The maximum absolute atomic E-state index is 13.6. The molecule has 0 bridgehead atoms. The lowest BCUT2D eigenvalue weighted by atomic mass is 10.1. The zero-order valence-corrected chi connectivity index (χ0v) is 13.7. The van der Waals surface area contributed by atoms with Crippen molar-refractivity contribution in [2.45, 2.75) is 19.9 Å². The third-order valence-corrected chi connectivity index (χ3v) is 3.90. The van der Waals surface area contributed by atoms with Gasteiger partial charge in [-0.2, -0.15) is 0 Å². The number of halogens is 3. The van der Waals surface area contributed by atoms with Gasteiger partial charge < -0.3 is 5.32 Å². The van der Waals surface area contributed by atoms with Crippen LogP contribution in [0.2, 0.25) is 0 Å². The van der Waals surface area contributed by atoms with E-state index in [9.17, 15) is 4.39 Å². The van der Waals surface area contributed by atoms with Gasteiger partial charge in [0.1, 0.15) is 11.6 Å². The van der Waals surface area contributed by atoms with E-state index in [0.29, 0.717) is 5.56 Å². The molecule has 100 valence electrons. The highest BCUT2D eigenvalue weighted by molar-refractivity contribution is 9.11. The second-order valence-corrected chi connectivity index (χ2v) is 6.13. The third kappa shape index (κ3) is 3.54. The van der Waals surface area contributed by atoms with Crippen LogP contribution in [-0.4, -0.2) is 4.98 Å². The molecular weight excluding hydrogens is 375 g/mol. The molecule has 0 fully saturated rings. The fourth-order valence-corrected chi connectivity index (χ4v) is 2.79. The number of hydrogen-bond acceptors (Lipinski definition) is 2. The molecule has 19 heavy (non-hydrogen) atoms. The molecule has 5 heteroatoms. The molecule has 2 nitrogen and oxygen atoms in total. The summed E-state index contributed by atoms with van der Waals surface area (Å²) < 4.78 is 15.3. The second-order valence-electron chi connectivity index (χ2n) is 4.36. The minimum atomic E-state index is -0.186. The summed E-state index contributed by atoms with van der Waals surface area (Å²) in [6, 6.07) is 7.15. The van der Waals surface area contributed by atoms with Gasteiger partial charge in [-0.15, -0.1) is 0 Å². The second kappa shape index (κ2) is 6.01. The van der Waals surface area contributed by atoms with E-state index in [1.807, 2.05) is 19.1 Å². The largest absolute Gasteiger partial charge is 0.363 e. The Labute approximate surface area is 128 Å². The molecule has 0 saturated carbocycles. The fourth-order valence-electron chi connectivity index (χ4n) is 1.69. The minimum absolute atomic E-state index is 0.0277. The first-order valence-corrected chi connectivity index (χ1v) is 7.39. The average Bonchev–Trinajstić information content (AvgIpc) is 2.36. The van der Waals surface area contributed by atoms with Gasteiger partial charge in [0, 0.05) is 10.7 Å². The molecular formula is C14H13Br2FN2. The summed E-state index contributed by atoms with van der Waals surface area (Å²) in [5.74, 6) is 0.547. The molecule has 1 aromatic carbocycles. The van der Waals surface area contributed by atoms with Gasteiger partial charge >= 0.3 is 0 Å². The Bertz CT molecular complexity index is 602. The Balaban J connectivity index is 2.20.